The molecule has 7 aromatic carbocycles. The van der Waals surface area contributed by atoms with Crippen LogP contribution in [0.5, 0.6) is 0 Å². The molecule has 3 N–H and O–H groups in total. The summed E-state index contributed by atoms with van der Waals surface area (Å²) in [7, 11) is 0. The van der Waals surface area contributed by atoms with Crippen LogP contribution in [0, 0.1) is 41.4 Å². The van der Waals surface area contributed by atoms with Crippen LogP contribution in [0.15, 0.2) is 264 Å². The Bertz CT molecular complexity index is 4520. The second-order valence-corrected chi connectivity index (χ2v) is 45.4. The molecule has 0 aliphatic carbocycles. The first-order valence-electron chi connectivity index (χ1n) is 52.0. The lowest BCUT2D eigenvalue weighted by molar-refractivity contribution is 0.0360. The van der Waals surface area contributed by atoms with E-state index < -0.39 is 0 Å². The third kappa shape index (κ3) is 43.6. The fraction of sp³-hybridized carbons (Fsp3) is 0.537. The monoisotopic (exact) mass is 2140 g/mol. The second kappa shape index (κ2) is 65.4. The number of hydrogen-bond donors (Lipinski definition) is 2. The summed E-state index contributed by atoms with van der Waals surface area (Å²) < 4.78 is 13.1. The van der Waals surface area contributed by atoms with E-state index in [1.54, 1.807) is 0 Å². The van der Waals surface area contributed by atoms with Crippen molar-refractivity contribution in [2.75, 3.05) is 190 Å². The smallest absolute Gasteiger partial charge is 0.0594 e. The predicted octanol–water partition coefficient (Wildman–Crippen LogP) is 29.6. The number of hydrogen-bond acceptors (Lipinski definition) is 12. The molecule has 7 atom stereocenters. The van der Waals surface area contributed by atoms with Gasteiger partial charge in [0.25, 0.3) is 0 Å². The number of halogens is 7. The summed E-state index contributed by atoms with van der Waals surface area (Å²) in [6.07, 6.45) is 0. The van der Waals surface area contributed by atoms with Crippen LogP contribution in [0.1, 0.15) is 219 Å². The first kappa shape index (κ1) is 123. The molecule has 12 nitrogen and oxygen atoms in total. The molecular formula is C121H179Br2Cl5N10O2. The number of rotatable bonds is 38. The highest BCUT2D eigenvalue weighted by molar-refractivity contribution is 9.10. The molecule has 5 fully saturated rings. The second-order valence-electron chi connectivity index (χ2n) is 41.4. The van der Waals surface area contributed by atoms with Crippen LogP contribution in [-0.2, 0) is 9.47 Å². The molecule has 5 aliphatic heterocycles. The van der Waals surface area contributed by atoms with E-state index in [9.17, 15) is 0 Å². The number of ether oxygens (including phenoxy) is 2. The van der Waals surface area contributed by atoms with Crippen LogP contribution in [0.25, 0.3) is 0 Å². The van der Waals surface area contributed by atoms with E-state index in [2.05, 4.69) is 358 Å². The molecule has 774 valence electrons. The van der Waals surface area contributed by atoms with E-state index in [0.717, 1.165) is 178 Å². The average molecular weight is 2140 g/mol. The first-order valence-corrected chi connectivity index (χ1v) is 55.5. The molecule has 5 saturated heterocycles. The van der Waals surface area contributed by atoms with E-state index in [0.29, 0.717) is 95.6 Å². The Balaban J connectivity index is 0.000000251. The minimum atomic E-state index is 0.276. The van der Waals surface area contributed by atoms with Crippen molar-refractivity contribution in [2.45, 2.75) is 192 Å². The molecule has 0 aromatic heterocycles. The maximum atomic E-state index is 6.06. The Morgan fingerprint density at radius 3 is 0.671 bits per heavy atom. The fourth-order valence-electron chi connectivity index (χ4n) is 18.1. The van der Waals surface area contributed by atoms with Crippen LogP contribution in [0.2, 0.25) is 25.1 Å². The van der Waals surface area contributed by atoms with Crippen LogP contribution in [-0.4, -0.2) is 241 Å². The fourth-order valence-corrected chi connectivity index (χ4v) is 19.2. The quantitative estimate of drug-likeness (QED) is 0.0362. The zero-order valence-electron chi connectivity index (χ0n) is 89.5. The van der Waals surface area contributed by atoms with E-state index in [1.165, 1.54) is 117 Å². The summed E-state index contributed by atoms with van der Waals surface area (Å²) in [6.45, 7) is 105. The molecule has 140 heavy (non-hydrogen) atoms. The number of nitrogens with one attached hydrogen (secondary N) is 1. The molecule has 0 spiro atoms. The molecule has 0 saturated carbocycles. The standard InChI is InChI=1S/C20H31ClN2.2C19H29ClN2.2C17H24ClNO.C16H24BrN.C13H18BrN/c1-15(2)17(5)20(18-6-8-19(21)9-7-18)14-22-10-12-23(13-11-22)16(3)4;2*1-5-21-10-12-22(13-11-21)14-19(16(4)15(2)3)17-6-8-18(20)9-7-17;2*1-13(2)14(3)17(12-19-8-10-20-11-9-19)15-4-6-16(18)7-5-15;1-11(2)13(5)16(10-18-12(3)4)14-6-8-15(17)9-7-14;1-9(2)10(3)13(8-15)11-4-6-12(14)7-5-11/h6-9,15-16,20H,5,10-14H2,1-4H3;2*6-9,15,19H,4-5,10-14H2,1-3H3;2*4-7,13,17H,3,8-12H2,1-2H3;6-9,11-12,16,18H,5,10H2,1-4H3;4-7,9,13H,3,8,15H2,1-2H3/t20-;;;2*17-;16-;13-/m1..1000/s1. The van der Waals surface area contributed by atoms with Gasteiger partial charge in [-0.05, 0) is 192 Å². The van der Waals surface area contributed by atoms with Crippen LogP contribution < -0.4 is 11.1 Å². The maximum Gasteiger partial charge on any atom is 0.0594 e. The normalized spacial score (nSPS) is 17.1. The number of benzene rings is 7. The van der Waals surface area contributed by atoms with Crippen molar-refractivity contribution in [3.63, 3.8) is 0 Å². The maximum absolute atomic E-state index is 6.06. The molecule has 0 radical (unpaired) electrons. The van der Waals surface area contributed by atoms with Gasteiger partial charge in [0, 0.05) is 238 Å². The van der Waals surface area contributed by atoms with E-state index >= 15 is 0 Å². The van der Waals surface area contributed by atoms with Crippen molar-refractivity contribution in [3.05, 3.63) is 328 Å². The molecule has 0 amide bonds. The molecule has 12 rings (SSSR count). The van der Waals surface area contributed by atoms with E-state index in [-0.39, 0.29) is 5.92 Å². The van der Waals surface area contributed by atoms with Crippen molar-refractivity contribution >= 4 is 89.9 Å². The van der Waals surface area contributed by atoms with Crippen molar-refractivity contribution in [1.29, 1.82) is 0 Å². The lowest BCUT2D eigenvalue weighted by atomic mass is 9.85. The minimum Gasteiger partial charge on any atom is -0.379 e. The number of piperazine rings is 3. The van der Waals surface area contributed by atoms with Crippen molar-refractivity contribution in [1.82, 2.24) is 44.5 Å². The van der Waals surface area contributed by atoms with Gasteiger partial charge in [-0.2, -0.15) is 0 Å². The number of morpholine rings is 2. The van der Waals surface area contributed by atoms with Gasteiger partial charge in [0.1, 0.15) is 0 Å². The van der Waals surface area contributed by atoms with Gasteiger partial charge in [-0.1, -0.05) is 384 Å². The SMILES string of the molecule is C=C(C(C)C)C(CN1CCN(CC)CC1)c1ccc(Cl)cc1.C=C(C(C)C)C(CN1CCN(CC)CC1)c1ccc(Cl)cc1.C=C(C(C)C)[C@@H](CN1CCN(C(C)C)CC1)c1ccc(Cl)cc1.C=C(C(C)C)[C@@H](CN1CCOCC1)c1ccc(Cl)cc1.C=C(C(C)C)[C@H](CN)c1ccc(Br)cc1.C=C(C(C)C)[C@H](CN1CCOCC1)c1ccc(Cl)cc1.C=C(C(C)C)[C@H](CNC(C)C)c1ccc(Br)cc1. The molecule has 7 aromatic rings. The highest BCUT2D eigenvalue weighted by Gasteiger charge is 2.31. The molecule has 5 heterocycles. The van der Waals surface area contributed by atoms with Gasteiger partial charge < -0.3 is 30.3 Å². The van der Waals surface area contributed by atoms with Gasteiger partial charge >= 0.3 is 0 Å². The predicted molar refractivity (Wildman–Crippen MR) is 620 cm³/mol. The van der Waals surface area contributed by atoms with E-state index in [1.807, 2.05) is 72.8 Å². The Labute approximate surface area is 893 Å². The van der Waals surface area contributed by atoms with Crippen LogP contribution >= 0.6 is 89.9 Å². The lowest BCUT2D eigenvalue weighted by Crippen LogP contribution is -2.49. The number of likely N-dealkylation sites (N-methyl/N-ethyl adjacent to an activating group) is 2. The third-order valence-corrected chi connectivity index (χ3v) is 30.9. The molecule has 0 bridgehead atoms. The molecule has 5 aliphatic rings. The Morgan fingerprint density at radius 2 is 0.464 bits per heavy atom. The average Bonchev–Trinajstić information content (AvgIpc) is 0.855. The van der Waals surface area contributed by atoms with Gasteiger partial charge in [0.05, 0.1) is 26.4 Å². The topological polar surface area (TPSA) is 82.4 Å². The highest BCUT2D eigenvalue weighted by atomic mass is 79.9. The van der Waals surface area contributed by atoms with E-state index in [4.69, 9.17) is 73.2 Å². The summed E-state index contributed by atoms with van der Waals surface area (Å²) in [6, 6.07) is 59.3. The van der Waals surface area contributed by atoms with Crippen molar-refractivity contribution < 1.29 is 9.47 Å². The van der Waals surface area contributed by atoms with Gasteiger partial charge in [0.2, 0.25) is 0 Å². The summed E-state index contributed by atoms with van der Waals surface area (Å²) in [5.41, 5.74) is 24.1. The largest absolute Gasteiger partial charge is 0.379 e. The van der Waals surface area contributed by atoms with Gasteiger partial charge in [0.15, 0.2) is 0 Å². The third-order valence-electron chi connectivity index (χ3n) is 28.6. The summed E-state index contributed by atoms with van der Waals surface area (Å²) in [5, 5.41) is 7.49. The Morgan fingerprint density at radius 1 is 0.279 bits per heavy atom. The van der Waals surface area contributed by atoms with Crippen molar-refractivity contribution in [2.24, 2.45) is 47.2 Å². The number of nitrogens with zero attached hydrogens (tertiary/aromatic N) is 8. The first-order chi connectivity index (χ1) is 66.5. The Kier molecular flexibility index (Phi) is 57.6. The van der Waals surface area contributed by atoms with Crippen molar-refractivity contribution in [3.8, 4) is 0 Å². The molecule has 2 unspecified atom stereocenters. The number of nitrogens with two attached hydrogens (primary N) is 1. The van der Waals surface area contributed by atoms with Gasteiger partial charge in [-0.25, -0.2) is 0 Å². The zero-order valence-corrected chi connectivity index (χ0v) is 96.4. The Hall–Kier alpha value is -5.35. The minimum absolute atomic E-state index is 0.276. The summed E-state index contributed by atoms with van der Waals surface area (Å²) >= 11 is 37.1. The molecule has 19 heteroatoms. The zero-order chi connectivity index (χ0) is 103. The van der Waals surface area contributed by atoms with Crippen LogP contribution in [0.3, 0.4) is 0 Å². The van der Waals surface area contributed by atoms with Crippen LogP contribution in [0.4, 0.5) is 0 Å². The lowest BCUT2D eigenvalue weighted by Gasteiger charge is -2.39. The van der Waals surface area contributed by atoms with Gasteiger partial charge in [-0.3, -0.25) is 29.4 Å². The molecular weight excluding hydrogens is 1960 g/mol. The summed E-state index contributed by atoms with van der Waals surface area (Å²) in [4.78, 5) is 20.3. The summed E-state index contributed by atoms with van der Waals surface area (Å²) in [5.74, 6) is 6.01. The van der Waals surface area contributed by atoms with Gasteiger partial charge in [-0.15, -0.1) is 0 Å². The highest BCUT2D eigenvalue weighted by Crippen LogP contribution is 2.39.